The zero-order valence-electron chi connectivity index (χ0n) is 12.6. The Labute approximate surface area is 117 Å². The molecule has 1 aromatic rings. The fraction of sp³-hybridized carbons (Fsp3) is 0.688. The molecule has 1 aliphatic heterocycles. The van der Waals surface area contributed by atoms with Gasteiger partial charge in [-0.3, -0.25) is 0 Å². The van der Waals surface area contributed by atoms with E-state index in [0.717, 1.165) is 30.5 Å². The molecule has 1 unspecified atom stereocenters. The largest absolute Gasteiger partial charge is 0.356 e. The van der Waals surface area contributed by atoms with E-state index in [4.69, 9.17) is 10.7 Å². The summed E-state index contributed by atoms with van der Waals surface area (Å²) in [5, 5.41) is 0. The smallest absolute Gasteiger partial charge is 0.133 e. The number of nitrogens with zero attached hydrogens (tertiary/aromatic N) is 2. The van der Waals surface area contributed by atoms with Crippen LogP contribution in [0.2, 0.25) is 0 Å². The topological polar surface area (TPSA) is 42.2 Å². The monoisotopic (exact) mass is 261 g/mol. The van der Waals surface area contributed by atoms with E-state index in [0.29, 0.717) is 6.54 Å². The maximum absolute atomic E-state index is 5.93. The van der Waals surface area contributed by atoms with Gasteiger partial charge in [-0.15, -0.1) is 0 Å². The van der Waals surface area contributed by atoms with Crippen molar-refractivity contribution in [1.82, 2.24) is 4.98 Å². The summed E-state index contributed by atoms with van der Waals surface area (Å²) in [5.74, 6) is 2.02. The van der Waals surface area contributed by atoms with Crippen molar-refractivity contribution in [2.75, 3.05) is 18.0 Å². The molecule has 1 aliphatic rings. The first-order valence-electron chi connectivity index (χ1n) is 7.57. The molecule has 0 aliphatic carbocycles. The van der Waals surface area contributed by atoms with Crippen molar-refractivity contribution in [1.29, 1.82) is 0 Å². The van der Waals surface area contributed by atoms with Gasteiger partial charge in [-0.2, -0.15) is 0 Å². The summed E-state index contributed by atoms with van der Waals surface area (Å²) >= 11 is 0. The lowest BCUT2D eigenvalue weighted by Gasteiger charge is -2.25. The van der Waals surface area contributed by atoms with Crippen LogP contribution in [0.5, 0.6) is 0 Å². The van der Waals surface area contributed by atoms with E-state index in [1.807, 2.05) is 0 Å². The molecular weight excluding hydrogens is 234 g/mol. The van der Waals surface area contributed by atoms with Crippen LogP contribution < -0.4 is 10.6 Å². The summed E-state index contributed by atoms with van der Waals surface area (Å²) in [6.45, 7) is 9.36. The summed E-state index contributed by atoms with van der Waals surface area (Å²) < 4.78 is 0. The van der Waals surface area contributed by atoms with Gasteiger partial charge in [0, 0.05) is 30.9 Å². The number of hydrogen-bond donors (Lipinski definition) is 1. The van der Waals surface area contributed by atoms with Crippen LogP contribution in [0, 0.1) is 19.8 Å². The summed E-state index contributed by atoms with van der Waals surface area (Å²) in [5.41, 5.74) is 9.53. The quantitative estimate of drug-likeness (QED) is 0.908. The third kappa shape index (κ3) is 3.27. The molecule has 1 aromatic heterocycles. The number of hydrogen-bond acceptors (Lipinski definition) is 3. The predicted molar refractivity (Wildman–Crippen MR) is 81.4 cm³/mol. The third-order valence-electron chi connectivity index (χ3n) is 4.38. The van der Waals surface area contributed by atoms with Gasteiger partial charge in [-0.1, -0.05) is 13.3 Å². The van der Waals surface area contributed by atoms with Gasteiger partial charge in [-0.25, -0.2) is 4.98 Å². The van der Waals surface area contributed by atoms with E-state index in [-0.39, 0.29) is 0 Å². The van der Waals surface area contributed by atoms with Crippen LogP contribution in [0.25, 0.3) is 0 Å². The molecule has 3 nitrogen and oxygen atoms in total. The molecule has 2 N–H and O–H groups in total. The molecule has 1 atom stereocenters. The number of anilines is 1. The molecule has 0 bridgehead atoms. The van der Waals surface area contributed by atoms with Gasteiger partial charge in [0.25, 0.3) is 0 Å². The van der Waals surface area contributed by atoms with Crippen LogP contribution in [0.3, 0.4) is 0 Å². The number of rotatable bonds is 3. The van der Waals surface area contributed by atoms with E-state index >= 15 is 0 Å². The standard InChI is InChI=1S/C16H27N3/c1-4-14-6-5-8-19(9-7-14)16-15(11-17)12(2)10-13(3)18-16/h10,14H,4-9,11,17H2,1-3H3. The van der Waals surface area contributed by atoms with Gasteiger partial charge >= 0.3 is 0 Å². The van der Waals surface area contributed by atoms with Gasteiger partial charge in [0.2, 0.25) is 0 Å². The van der Waals surface area contributed by atoms with Crippen molar-refractivity contribution in [3.05, 3.63) is 22.9 Å². The average molecular weight is 261 g/mol. The Morgan fingerprint density at radius 3 is 2.79 bits per heavy atom. The molecule has 19 heavy (non-hydrogen) atoms. The lowest BCUT2D eigenvalue weighted by molar-refractivity contribution is 0.459. The molecule has 0 radical (unpaired) electrons. The normalized spacial score (nSPS) is 20.4. The molecule has 0 saturated carbocycles. The second-order valence-electron chi connectivity index (χ2n) is 5.78. The Bertz CT molecular complexity index is 428. The van der Waals surface area contributed by atoms with Crippen LogP contribution in [-0.4, -0.2) is 18.1 Å². The van der Waals surface area contributed by atoms with Gasteiger partial charge in [-0.05, 0) is 50.7 Å². The minimum atomic E-state index is 0.585. The second kappa shape index (κ2) is 6.38. The number of pyridine rings is 1. The first-order chi connectivity index (χ1) is 9.15. The van der Waals surface area contributed by atoms with E-state index < -0.39 is 0 Å². The van der Waals surface area contributed by atoms with Crippen molar-refractivity contribution < 1.29 is 0 Å². The highest BCUT2D eigenvalue weighted by Gasteiger charge is 2.19. The highest BCUT2D eigenvalue weighted by atomic mass is 15.2. The third-order valence-corrected chi connectivity index (χ3v) is 4.38. The van der Waals surface area contributed by atoms with E-state index in [1.165, 1.54) is 36.8 Å². The highest BCUT2D eigenvalue weighted by Crippen LogP contribution is 2.27. The molecule has 1 fully saturated rings. The summed E-state index contributed by atoms with van der Waals surface area (Å²) in [6, 6.07) is 2.14. The van der Waals surface area contributed by atoms with Gasteiger partial charge in [0.05, 0.1) is 0 Å². The predicted octanol–water partition coefficient (Wildman–Crippen LogP) is 3.17. The summed E-state index contributed by atoms with van der Waals surface area (Å²) in [6.07, 6.45) is 5.22. The maximum atomic E-state index is 5.93. The molecule has 1 saturated heterocycles. The Hall–Kier alpha value is -1.09. The second-order valence-corrected chi connectivity index (χ2v) is 5.78. The Kier molecular flexibility index (Phi) is 4.81. The fourth-order valence-corrected chi connectivity index (χ4v) is 3.14. The molecular formula is C16H27N3. The van der Waals surface area contributed by atoms with Crippen LogP contribution >= 0.6 is 0 Å². The van der Waals surface area contributed by atoms with Crippen molar-refractivity contribution >= 4 is 5.82 Å². The molecule has 0 aromatic carbocycles. The molecule has 2 heterocycles. The molecule has 3 heteroatoms. The van der Waals surface area contributed by atoms with Crippen molar-refractivity contribution in [2.45, 2.75) is 53.0 Å². The molecule has 106 valence electrons. The zero-order chi connectivity index (χ0) is 13.8. The average Bonchev–Trinajstić information content (AvgIpc) is 2.63. The fourth-order valence-electron chi connectivity index (χ4n) is 3.14. The number of aromatic nitrogens is 1. The molecule has 2 rings (SSSR count). The van der Waals surface area contributed by atoms with Crippen molar-refractivity contribution in [3.63, 3.8) is 0 Å². The first-order valence-corrected chi connectivity index (χ1v) is 7.57. The van der Waals surface area contributed by atoms with Crippen molar-refractivity contribution in [3.8, 4) is 0 Å². The van der Waals surface area contributed by atoms with E-state index in [2.05, 4.69) is 31.7 Å². The number of nitrogens with two attached hydrogens (primary N) is 1. The van der Waals surface area contributed by atoms with Crippen LogP contribution in [0.1, 0.15) is 49.4 Å². The zero-order valence-corrected chi connectivity index (χ0v) is 12.6. The summed E-state index contributed by atoms with van der Waals surface area (Å²) in [7, 11) is 0. The van der Waals surface area contributed by atoms with Crippen LogP contribution in [0.4, 0.5) is 5.82 Å². The number of aryl methyl sites for hydroxylation is 2. The Balaban J connectivity index is 2.25. The Morgan fingerprint density at radius 1 is 1.32 bits per heavy atom. The van der Waals surface area contributed by atoms with Gasteiger partial charge < -0.3 is 10.6 Å². The van der Waals surface area contributed by atoms with Crippen LogP contribution in [-0.2, 0) is 6.54 Å². The summed E-state index contributed by atoms with van der Waals surface area (Å²) in [4.78, 5) is 7.22. The van der Waals surface area contributed by atoms with E-state index in [1.54, 1.807) is 0 Å². The lowest BCUT2D eigenvalue weighted by atomic mass is 9.98. The van der Waals surface area contributed by atoms with Crippen molar-refractivity contribution in [2.24, 2.45) is 11.7 Å². The SMILES string of the molecule is CCC1CCCN(c2nc(C)cc(C)c2CN)CC1. The van der Waals surface area contributed by atoms with Crippen LogP contribution in [0.15, 0.2) is 6.07 Å². The van der Waals surface area contributed by atoms with Gasteiger partial charge in [0.1, 0.15) is 5.82 Å². The highest BCUT2D eigenvalue weighted by molar-refractivity contribution is 5.51. The minimum Gasteiger partial charge on any atom is -0.356 e. The molecule has 0 amide bonds. The minimum absolute atomic E-state index is 0.585. The lowest BCUT2D eigenvalue weighted by Crippen LogP contribution is -2.27. The first kappa shape index (κ1) is 14.3. The van der Waals surface area contributed by atoms with E-state index in [9.17, 15) is 0 Å². The van der Waals surface area contributed by atoms with Gasteiger partial charge in [0.15, 0.2) is 0 Å². The Morgan fingerprint density at radius 2 is 2.11 bits per heavy atom. The molecule has 0 spiro atoms. The maximum Gasteiger partial charge on any atom is 0.133 e.